The minimum atomic E-state index is -0.488. The molecule has 2 rings (SSSR count). The Morgan fingerprint density at radius 1 is 1.00 bits per heavy atom. The van der Waals surface area contributed by atoms with E-state index in [0.29, 0.717) is 49.7 Å². The van der Waals surface area contributed by atoms with Gasteiger partial charge in [-0.25, -0.2) is 4.79 Å². The zero-order valence-electron chi connectivity index (χ0n) is 31.0. The lowest BCUT2D eigenvalue weighted by Gasteiger charge is -2.35. The standard InChI is InChI=1S/C22H36N2O3S2.C16H23NO3/c1-17(25)27-14-18-6-8-19(9-7-18)29-28-13-10-20(26)24-16-22(4,5)15-21(2,3)11-12-23;1-5-7-8-13(6-2)20-16(18)17-14-11-12(3)9-10-15(14)19-4/h6-9H,10-16,23H2,1-5H3,(H,24,26);8-11H,5-7H2,1-4H3,(H,17,18)/b;13-8-. The predicted molar refractivity (Wildman–Crippen MR) is 205 cm³/mol. The average Bonchev–Trinajstić information content (AvgIpc) is 3.03. The van der Waals surface area contributed by atoms with Gasteiger partial charge in [0.15, 0.2) is 0 Å². The Morgan fingerprint density at radius 3 is 2.29 bits per heavy atom. The molecule has 0 saturated carbocycles. The van der Waals surface area contributed by atoms with Crippen LogP contribution in [-0.2, 0) is 25.7 Å². The first-order chi connectivity index (χ1) is 23.1. The van der Waals surface area contributed by atoms with E-state index in [1.165, 1.54) is 6.92 Å². The molecular formula is C38H59N3O6S2. The highest BCUT2D eigenvalue weighted by Gasteiger charge is 2.28. The van der Waals surface area contributed by atoms with Gasteiger partial charge in [-0.15, -0.1) is 0 Å². The average molecular weight is 718 g/mol. The SMILES string of the molecule is CC(=O)OCc1ccc(SSCCC(=O)NCC(C)(C)CC(C)(C)CCN)cc1.CCC/C=C(/CC)OC(=O)Nc1cc(C)ccc1OC. The van der Waals surface area contributed by atoms with Crippen LogP contribution in [0.2, 0.25) is 0 Å². The highest BCUT2D eigenvalue weighted by Crippen LogP contribution is 2.35. The summed E-state index contributed by atoms with van der Waals surface area (Å²) < 4.78 is 15.5. The summed E-state index contributed by atoms with van der Waals surface area (Å²) in [7, 11) is 4.88. The number of nitrogens with two attached hydrogens (primary N) is 1. The lowest BCUT2D eigenvalue weighted by Crippen LogP contribution is -2.37. The number of ether oxygens (including phenoxy) is 3. The molecule has 49 heavy (non-hydrogen) atoms. The number of unbranched alkanes of at least 4 members (excludes halogenated alkanes) is 1. The van der Waals surface area contributed by atoms with Crippen molar-refractivity contribution in [3.63, 3.8) is 0 Å². The number of carbonyl (C=O) groups excluding carboxylic acids is 3. The van der Waals surface area contributed by atoms with Crippen molar-refractivity contribution in [2.24, 2.45) is 16.6 Å². The zero-order valence-corrected chi connectivity index (χ0v) is 32.7. The maximum Gasteiger partial charge on any atom is 0.416 e. The second-order valence-electron chi connectivity index (χ2n) is 13.4. The van der Waals surface area contributed by atoms with Crippen LogP contribution in [0.5, 0.6) is 5.75 Å². The van der Waals surface area contributed by atoms with E-state index in [1.54, 1.807) is 28.7 Å². The minimum absolute atomic E-state index is 0.0457. The van der Waals surface area contributed by atoms with Gasteiger partial charge in [-0.3, -0.25) is 14.9 Å². The van der Waals surface area contributed by atoms with Gasteiger partial charge in [0, 0.05) is 37.0 Å². The molecule has 2 aromatic carbocycles. The number of aryl methyl sites for hydroxylation is 1. The number of carbonyl (C=O) groups is 3. The monoisotopic (exact) mass is 717 g/mol. The van der Waals surface area contributed by atoms with Crippen LogP contribution in [0.25, 0.3) is 0 Å². The van der Waals surface area contributed by atoms with Gasteiger partial charge in [0.1, 0.15) is 18.1 Å². The molecule has 11 heteroatoms. The molecule has 0 fully saturated rings. The van der Waals surface area contributed by atoms with Gasteiger partial charge >= 0.3 is 12.1 Å². The van der Waals surface area contributed by atoms with E-state index in [-0.39, 0.29) is 22.7 Å². The van der Waals surface area contributed by atoms with Crippen molar-refractivity contribution in [2.45, 2.75) is 105 Å². The molecule has 0 atom stereocenters. The Labute approximate surface area is 302 Å². The second kappa shape index (κ2) is 23.3. The van der Waals surface area contributed by atoms with Crippen LogP contribution >= 0.6 is 21.6 Å². The third-order valence-electron chi connectivity index (χ3n) is 7.30. The summed E-state index contributed by atoms with van der Waals surface area (Å²) in [6.45, 7) is 17.9. The van der Waals surface area contributed by atoms with Crippen LogP contribution in [0.4, 0.5) is 10.5 Å². The number of methoxy groups -OCH3 is 1. The van der Waals surface area contributed by atoms with Gasteiger partial charge in [-0.1, -0.05) is 87.8 Å². The molecule has 0 heterocycles. The molecule has 0 spiro atoms. The van der Waals surface area contributed by atoms with Gasteiger partial charge in [0.05, 0.1) is 12.8 Å². The van der Waals surface area contributed by atoms with Crippen LogP contribution in [0.1, 0.15) is 98.1 Å². The number of amides is 2. The van der Waals surface area contributed by atoms with Gasteiger partial charge in [-0.2, -0.15) is 0 Å². The van der Waals surface area contributed by atoms with Crippen molar-refractivity contribution in [3.05, 3.63) is 65.4 Å². The van der Waals surface area contributed by atoms with Crippen LogP contribution in [0, 0.1) is 17.8 Å². The fourth-order valence-corrected chi connectivity index (χ4v) is 7.05. The van der Waals surface area contributed by atoms with Gasteiger partial charge < -0.3 is 25.3 Å². The van der Waals surface area contributed by atoms with E-state index in [4.69, 9.17) is 19.9 Å². The molecule has 0 aliphatic rings. The number of hydrogen-bond donors (Lipinski definition) is 3. The number of hydrogen-bond acceptors (Lipinski definition) is 9. The summed E-state index contributed by atoms with van der Waals surface area (Å²) in [6, 6.07) is 13.5. The molecule has 274 valence electrons. The summed E-state index contributed by atoms with van der Waals surface area (Å²) in [5.41, 5.74) is 8.55. The van der Waals surface area contributed by atoms with Gasteiger partial charge in [0.25, 0.3) is 0 Å². The van der Waals surface area contributed by atoms with Crippen molar-refractivity contribution >= 4 is 45.2 Å². The fraction of sp³-hybridized carbons (Fsp3) is 0.553. The van der Waals surface area contributed by atoms with E-state index in [9.17, 15) is 14.4 Å². The summed E-state index contributed by atoms with van der Waals surface area (Å²) in [6.07, 6.45) is 6.61. The molecule has 0 aliphatic heterocycles. The van der Waals surface area contributed by atoms with Crippen molar-refractivity contribution in [1.82, 2.24) is 5.32 Å². The second-order valence-corrected chi connectivity index (χ2v) is 15.9. The number of benzene rings is 2. The smallest absolute Gasteiger partial charge is 0.416 e. The molecular weight excluding hydrogens is 659 g/mol. The molecule has 4 N–H and O–H groups in total. The topological polar surface area (TPSA) is 129 Å². The number of nitrogens with one attached hydrogen (secondary N) is 2. The van der Waals surface area contributed by atoms with Crippen LogP contribution in [0.15, 0.2) is 59.2 Å². The van der Waals surface area contributed by atoms with E-state index >= 15 is 0 Å². The Morgan fingerprint density at radius 2 is 1.69 bits per heavy atom. The largest absolute Gasteiger partial charge is 0.495 e. The number of rotatable bonds is 19. The van der Waals surface area contributed by atoms with Crippen LogP contribution < -0.4 is 21.1 Å². The fourth-order valence-electron chi connectivity index (χ4n) is 5.07. The molecule has 0 aliphatic carbocycles. The molecule has 0 unspecified atom stereocenters. The first kappa shape index (κ1) is 43.9. The molecule has 0 aromatic heterocycles. The quantitative estimate of drug-likeness (QED) is 0.0563. The molecule has 0 bridgehead atoms. The number of anilines is 1. The van der Waals surface area contributed by atoms with Crippen molar-refractivity contribution in [1.29, 1.82) is 0 Å². The highest BCUT2D eigenvalue weighted by atomic mass is 33.1. The predicted octanol–water partition coefficient (Wildman–Crippen LogP) is 9.43. The number of esters is 1. The summed E-state index contributed by atoms with van der Waals surface area (Å²) in [4.78, 5) is 36.0. The van der Waals surface area contributed by atoms with E-state index < -0.39 is 6.09 Å². The third-order valence-corrected chi connectivity index (χ3v) is 9.68. The van der Waals surface area contributed by atoms with E-state index in [1.807, 2.05) is 62.4 Å². The van der Waals surface area contributed by atoms with E-state index in [0.717, 1.165) is 47.5 Å². The molecule has 2 aromatic rings. The molecule has 9 nitrogen and oxygen atoms in total. The summed E-state index contributed by atoms with van der Waals surface area (Å²) in [5.74, 6) is 1.88. The summed E-state index contributed by atoms with van der Waals surface area (Å²) >= 11 is 0. The Hall–Kier alpha value is -3.15. The molecule has 2 amide bonds. The highest BCUT2D eigenvalue weighted by molar-refractivity contribution is 8.76. The molecule has 0 radical (unpaired) electrons. The molecule has 0 saturated heterocycles. The Balaban J connectivity index is 0.000000524. The minimum Gasteiger partial charge on any atom is -0.495 e. The van der Waals surface area contributed by atoms with E-state index in [2.05, 4.69) is 45.3 Å². The number of allylic oxidation sites excluding steroid dienone is 2. The third kappa shape index (κ3) is 20.2. The first-order valence-corrected chi connectivity index (χ1v) is 19.3. The normalized spacial score (nSPS) is 11.6. The first-order valence-electron chi connectivity index (χ1n) is 16.9. The maximum atomic E-state index is 12.2. The Kier molecular flexibility index (Phi) is 20.9. The van der Waals surface area contributed by atoms with Crippen LogP contribution in [-0.4, -0.2) is 43.9 Å². The van der Waals surface area contributed by atoms with Gasteiger partial charge in [-0.05, 0) is 85.0 Å². The van der Waals surface area contributed by atoms with Crippen molar-refractivity contribution in [2.75, 3.05) is 31.3 Å². The zero-order chi connectivity index (χ0) is 36.9. The van der Waals surface area contributed by atoms with Crippen molar-refractivity contribution in [3.8, 4) is 5.75 Å². The van der Waals surface area contributed by atoms with Crippen LogP contribution in [0.3, 0.4) is 0 Å². The Bertz CT molecular complexity index is 1330. The lowest BCUT2D eigenvalue weighted by atomic mass is 9.73. The maximum absolute atomic E-state index is 12.2. The van der Waals surface area contributed by atoms with Gasteiger partial charge in [0.2, 0.25) is 5.91 Å². The summed E-state index contributed by atoms with van der Waals surface area (Å²) in [5, 5.41) is 5.80. The lowest BCUT2D eigenvalue weighted by molar-refractivity contribution is -0.142. The van der Waals surface area contributed by atoms with Crippen molar-refractivity contribution < 1.29 is 28.6 Å².